The molecule has 3 rings (SSSR count). The molecule has 0 unspecified atom stereocenters. The van der Waals surface area contributed by atoms with E-state index in [0.29, 0.717) is 30.8 Å². The first kappa shape index (κ1) is 14.1. The summed E-state index contributed by atoms with van der Waals surface area (Å²) in [5.74, 6) is -1.14. The minimum atomic E-state index is -1.04. The molecule has 0 saturated heterocycles. The summed E-state index contributed by atoms with van der Waals surface area (Å²) in [4.78, 5) is 24.9. The molecule has 0 radical (unpaired) electrons. The molecular formula is C16H15N3O3. The Kier molecular flexibility index (Phi) is 3.74. The number of hydrogen-bond acceptors (Lipinski definition) is 3. The van der Waals surface area contributed by atoms with Crippen molar-refractivity contribution in [1.82, 2.24) is 15.1 Å². The molecule has 0 bridgehead atoms. The van der Waals surface area contributed by atoms with E-state index < -0.39 is 5.97 Å². The summed E-state index contributed by atoms with van der Waals surface area (Å²) >= 11 is 0. The molecule has 0 atom stereocenters. The third kappa shape index (κ3) is 2.76. The van der Waals surface area contributed by atoms with Gasteiger partial charge in [0.1, 0.15) is 0 Å². The van der Waals surface area contributed by atoms with Crippen molar-refractivity contribution in [2.24, 2.45) is 0 Å². The molecule has 22 heavy (non-hydrogen) atoms. The van der Waals surface area contributed by atoms with Crippen LogP contribution in [0.5, 0.6) is 0 Å². The molecule has 0 saturated carbocycles. The predicted molar refractivity (Wildman–Crippen MR) is 80.1 cm³/mol. The molecule has 1 aliphatic heterocycles. The van der Waals surface area contributed by atoms with Gasteiger partial charge >= 0.3 is 5.97 Å². The summed E-state index contributed by atoms with van der Waals surface area (Å²) in [5, 5.41) is 15.6. The summed E-state index contributed by atoms with van der Waals surface area (Å²) in [5.41, 5.74) is 2.42. The molecule has 1 amide bonds. The van der Waals surface area contributed by atoms with Crippen LogP contribution >= 0.6 is 0 Å². The van der Waals surface area contributed by atoms with Gasteiger partial charge in [0.15, 0.2) is 5.69 Å². The van der Waals surface area contributed by atoms with Gasteiger partial charge in [-0.2, -0.15) is 5.10 Å². The molecular weight excluding hydrogens is 282 g/mol. The second-order valence-corrected chi connectivity index (χ2v) is 5.09. The highest BCUT2D eigenvalue weighted by Crippen LogP contribution is 2.20. The third-order valence-corrected chi connectivity index (χ3v) is 3.67. The van der Waals surface area contributed by atoms with Gasteiger partial charge in [0.2, 0.25) is 5.91 Å². The SMILES string of the molecule is O=C(O)c1n[nH]c2c1CCN(C(=O)/C=C/c1ccccc1)C2. The summed E-state index contributed by atoms with van der Waals surface area (Å²) in [6, 6.07) is 9.59. The smallest absolute Gasteiger partial charge is 0.356 e. The molecule has 1 aromatic carbocycles. The van der Waals surface area contributed by atoms with Crippen LogP contribution in [-0.2, 0) is 17.8 Å². The van der Waals surface area contributed by atoms with E-state index in [1.807, 2.05) is 30.3 Å². The molecule has 2 heterocycles. The standard InChI is InChI=1S/C16H15N3O3/c20-14(7-6-11-4-2-1-3-5-11)19-9-8-12-13(10-19)17-18-15(12)16(21)22/h1-7H,8-10H2,(H,17,18)(H,21,22)/b7-6+. The Hall–Kier alpha value is -2.89. The van der Waals surface area contributed by atoms with E-state index in [9.17, 15) is 9.59 Å². The molecule has 0 spiro atoms. The Labute approximate surface area is 127 Å². The maximum atomic E-state index is 12.2. The summed E-state index contributed by atoms with van der Waals surface area (Å²) in [6.45, 7) is 0.846. The largest absolute Gasteiger partial charge is 0.476 e. The molecule has 6 nitrogen and oxygen atoms in total. The van der Waals surface area contributed by atoms with E-state index in [-0.39, 0.29) is 11.6 Å². The molecule has 6 heteroatoms. The first-order chi connectivity index (χ1) is 10.6. The van der Waals surface area contributed by atoms with Crippen molar-refractivity contribution in [2.45, 2.75) is 13.0 Å². The van der Waals surface area contributed by atoms with E-state index in [1.54, 1.807) is 11.0 Å². The molecule has 1 aromatic heterocycles. The lowest BCUT2D eigenvalue weighted by molar-refractivity contribution is -0.126. The van der Waals surface area contributed by atoms with E-state index in [4.69, 9.17) is 5.11 Å². The zero-order chi connectivity index (χ0) is 15.5. The Morgan fingerprint density at radius 1 is 1.27 bits per heavy atom. The van der Waals surface area contributed by atoms with E-state index in [0.717, 1.165) is 5.56 Å². The average molecular weight is 297 g/mol. The number of carboxylic acids is 1. The van der Waals surface area contributed by atoms with Crippen molar-refractivity contribution >= 4 is 18.0 Å². The average Bonchev–Trinajstić information content (AvgIpc) is 2.97. The van der Waals surface area contributed by atoms with Crippen LogP contribution in [0.25, 0.3) is 6.08 Å². The monoisotopic (exact) mass is 297 g/mol. The molecule has 112 valence electrons. The number of carbonyl (C=O) groups excluding carboxylic acids is 1. The highest BCUT2D eigenvalue weighted by molar-refractivity contribution is 5.92. The zero-order valence-corrected chi connectivity index (χ0v) is 11.8. The van der Waals surface area contributed by atoms with Gasteiger partial charge in [0.25, 0.3) is 0 Å². The molecule has 0 aliphatic carbocycles. The summed E-state index contributed by atoms with van der Waals surface area (Å²) in [7, 11) is 0. The van der Waals surface area contributed by atoms with Gasteiger partial charge in [-0.05, 0) is 18.1 Å². The number of aromatic carboxylic acids is 1. The number of carbonyl (C=O) groups is 2. The number of carboxylic acid groups (broad SMARTS) is 1. The van der Waals surface area contributed by atoms with Crippen LogP contribution in [0, 0.1) is 0 Å². The lowest BCUT2D eigenvalue weighted by Gasteiger charge is -2.25. The third-order valence-electron chi connectivity index (χ3n) is 3.67. The number of fused-ring (bicyclic) bond motifs is 1. The summed E-state index contributed by atoms with van der Waals surface area (Å²) < 4.78 is 0. The van der Waals surface area contributed by atoms with Crippen LogP contribution in [0.4, 0.5) is 0 Å². The van der Waals surface area contributed by atoms with E-state index in [2.05, 4.69) is 10.2 Å². The maximum absolute atomic E-state index is 12.2. The second-order valence-electron chi connectivity index (χ2n) is 5.09. The maximum Gasteiger partial charge on any atom is 0.356 e. The van der Waals surface area contributed by atoms with Gasteiger partial charge in [0, 0.05) is 18.2 Å². The number of nitrogens with one attached hydrogen (secondary N) is 1. The van der Waals surface area contributed by atoms with Gasteiger partial charge in [0.05, 0.1) is 12.2 Å². The minimum Gasteiger partial charge on any atom is -0.476 e. The quantitative estimate of drug-likeness (QED) is 0.844. The number of hydrogen-bond donors (Lipinski definition) is 2. The van der Waals surface area contributed by atoms with Crippen molar-refractivity contribution in [3.63, 3.8) is 0 Å². The van der Waals surface area contributed by atoms with Crippen LogP contribution in [0.3, 0.4) is 0 Å². The molecule has 0 fully saturated rings. The molecule has 2 N–H and O–H groups in total. The normalized spacial score (nSPS) is 14.1. The van der Waals surface area contributed by atoms with Gasteiger partial charge in [-0.25, -0.2) is 4.79 Å². The van der Waals surface area contributed by atoms with Crippen molar-refractivity contribution < 1.29 is 14.7 Å². The van der Waals surface area contributed by atoms with Crippen LogP contribution in [0.15, 0.2) is 36.4 Å². The Morgan fingerprint density at radius 2 is 2.05 bits per heavy atom. The Bertz CT molecular complexity index is 734. The van der Waals surface area contributed by atoms with Gasteiger partial charge in [-0.1, -0.05) is 30.3 Å². The highest BCUT2D eigenvalue weighted by atomic mass is 16.4. The number of benzene rings is 1. The minimum absolute atomic E-state index is 0.0573. The first-order valence-electron chi connectivity index (χ1n) is 6.96. The number of aromatic nitrogens is 2. The fourth-order valence-corrected chi connectivity index (χ4v) is 2.52. The highest BCUT2D eigenvalue weighted by Gasteiger charge is 2.26. The lowest BCUT2D eigenvalue weighted by Crippen LogP contribution is -2.35. The van der Waals surface area contributed by atoms with Crippen molar-refractivity contribution in [1.29, 1.82) is 0 Å². The topological polar surface area (TPSA) is 86.3 Å². The first-order valence-corrected chi connectivity index (χ1v) is 6.96. The fourth-order valence-electron chi connectivity index (χ4n) is 2.52. The van der Waals surface area contributed by atoms with Crippen molar-refractivity contribution in [3.05, 3.63) is 58.9 Å². The lowest BCUT2D eigenvalue weighted by atomic mass is 10.0. The van der Waals surface area contributed by atoms with Crippen LogP contribution in [-0.4, -0.2) is 38.6 Å². The number of rotatable bonds is 3. The van der Waals surface area contributed by atoms with E-state index >= 15 is 0 Å². The number of amides is 1. The van der Waals surface area contributed by atoms with Crippen molar-refractivity contribution in [3.8, 4) is 0 Å². The van der Waals surface area contributed by atoms with Gasteiger partial charge < -0.3 is 10.0 Å². The van der Waals surface area contributed by atoms with Gasteiger partial charge in [-0.15, -0.1) is 0 Å². The van der Waals surface area contributed by atoms with Gasteiger partial charge in [-0.3, -0.25) is 9.89 Å². The van der Waals surface area contributed by atoms with E-state index in [1.165, 1.54) is 6.08 Å². The Morgan fingerprint density at radius 3 is 2.77 bits per heavy atom. The number of H-pyrrole nitrogens is 1. The second kappa shape index (κ2) is 5.85. The van der Waals surface area contributed by atoms with Crippen LogP contribution < -0.4 is 0 Å². The predicted octanol–water partition coefficient (Wildman–Crippen LogP) is 1.71. The molecule has 1 aliphatic rings. The van der Waals surface area contributed by atoms with Crippen molar-refractivity contribution in [2.75, 3.05) is 6.54 Å². The Balaban J connectivity index is 1.71. The number of aromatic amines is 1. The van der Waals surface area contributed by atoms with Crippen LogP contribution in [0.2, 0.25) is 0 Å². The number of nitrogens with zero attached hydrogens (tertiary/aromatic N) is 2. The zero-order valence-electron chi connectivity index (χ0n) is 11.8. The van der Waals surface area contributed by atoms with Crippen LogP contribution in [0.1, 0.15) is 27.3 Å². The fraction of sp³-hybridized carbons (Fsp3) is 0.188. The molecule has 2 aromatic rings. The summed E-state index contributed by atoms with van der Waals surface area (Å²) in [6.07, 6.45) is 3.81.